The molecule has 0 atom stereocenters. The topological polar surface area (TPSA) is 29.1 Å². The molecule has 1 amide bonds. The van der Waals surface area contributed by atoms with Gasteiger partial charge in [-0.3, -0.25) is 4.79 Å². The largest absolute Gasteiger partial charge is 0.326 e. The molecule has 0 heterocycles. The third-order valence-electron chi connectivity index (χ3n) is 3.74. The maximum Gasteiger partial charge on any atom is 0.227 e. The summed E-state index contributed by atoms with van der Waals surface area (Å²) in [6.07, 6.45) is 4.43. The first-order valence-corrected chi connectivity index (χ1v) is 7.77. The van der Waals surface area contributed by atoms with E-state index in [1.807, 2.05) is 24.3 Å². The molecule has 0 saturated heterocycles. The Bertz CT molecular complexity index is 411. The molecular weight excluding hydrogens is 290 g/mol. The second-order valence-corrected chi connectivity index (χ2v) is 5.84. The zero-order valence-corrected chi connectivity index (χ0v) is 12.4. The highest BCUT2D eigenvalue weighted by atomic mass is 79.9. The molecule has 0 unspecified atom stereocenters. The summed E-state index contributed by atoms with van der Waals surface area (Å²) in [4.78, 5) is 12.2. The molecule has 1 aromatic rings. The first kappa shape index (κ1) is 13.6. The minimum Gasteiger partial charge on any atom is -0.326 e. The normalized spacial score (nSPS) is 23.7. The van der Waals surface area contributed by atoms with Gasteiger partial charge in [-0.25, -0.2) is 0 Å². The van der Waals surface area contributed by atoms with Gasteiger partial charge in [-0.1, -0.05) is 35.0 Å². The van der Waals surface area contributed by atoms with Crippen LogP contribution in [0.5, 0.6) is 0 Å². The van der Waals surface area contributed by atoms with E-state index in [9.17, 15) is 4.79 Å². The van der Waals surface area contributed by atoms with Crippen molar-refractivity contribution in [2.75, 3.05) is 5.32 Å². The minimum atomic E-state index is 0.189. The fourth-order valence-electron chi connectivity index (χ4n) is 2.50. The Hall–Kier alpha value is -0.830. The van der Waals surface area contributed by atoms with Gasteiger partial charge < -0.3 is 5.32 Å². The molecule has 2 nitrogen and oxygen atoms in total. The van der Waals surface area contributed by atoms with Crippen LogP contribution in [0.2, 0.25) is 0 Å². The molecule has 98 valence electrons. The Kier molecular flexibility index (Phi) is 4.81. The molecule has 0 aliphatic heterocycles. The van der Waals surface area contributed by atoms with Crippen molar-refractivity contribution in [3.8, 4) is 0 Å². The van der Waals surface area contributed by atoms with E-state index >= 15 is 0 Å². The average Bonchev–Trinajstić information content (AvgIpc) is 2.39. The van der Waals surface area contributed by atoms with Crippen molar-refractivity contribution in [1.29, 1.82) is 0 Å². The summed E-state index contributed by atoms with van der Waals surface area (Å²) < 4.78 is 0. The van der Waals surface area contributed by atoms with Crippen molar-refractivity contribution < 1.29 is 4.79 Å². The van der Waals surface area contributed by atoms with Crippen molar-refractivity contribution in [1.82, 2.24) is 0 Å². The van der Waals surface area contributed by atoms with Gasteiger partial charge in [-0.05, 0) is 49.3 Å². The lowest BCUT2D eigenvalue weighted by Crippen LogP contribution is -2.26. The Labute approximate surface area is 117 Å². The van der Waals surface area contributed by atoms with Crippen LogP contribution in [0, 0.1) is 11.8 Å². The Balaban J connectivity index is 1.94. The van der Waals surface area contributed by atoms with E-state index in [0.717, 1.165) is 29.8 Å². The van der Waals surface area contributed by atoms with E-state index in [2.05, 4.69) is 28.2 Å². The number of halogens is 1. The minimum absolute atomic E-state index is 0.189. The number of amides is 1. The molecular formula is C15H20BrNO. The van der Waals surface area contributed by atoms with Crippen LogP contribution in [-0.4, -0.2) is 5.91 Å². The molecule has 1 aliphatic carbocycles. The molecule has 0 aromatic heterocycles. The third-order valence-corrected chi connectivity index (χ3v) is 4.38. The molecule has 0 bridgehead atoms. The quantitative estimate of drug-likeness (QED) is 0.826. The lowest BCUT2D eigenvalue weighted by atomic mass is 9.82. The number of alkyl halides is 1. The molecule has 3 heteroatoms. The van der Waals surface area contributed by atoms with Gasteiger partial charge in [-0.2, -0.15) is 0 Å². The van der Waals surface area contributed by atoms with Crippen LogP contribution in [0.15, 0.2) is 24.3 Å². The van der Waals surface area contributed by atoms with Crippen molar-refractivity contribution in [3.05, 3.63) is 29.8 Å². The predicted molar refractivity (Wildman–Crippen MR) is 78.8 cm³/mol. The molecule has 0 radical (unpaired) electrons. The highest BCUT2D eigenvalue weighted by Crippen LogP contribution is 2.29. The Morgan fingerprint density at radius 1 is 1.33 bits per heavy atom. The first-order valence-electron chi connectivity index (χ1n) is 6.65. The number of hydrogen-bond acceptors (Lipinski definition) is 1. The van der Waals surface area contributed by atoms with Gasteiger partial charge in [0.25, 0.3) is 0 Å². The number of benzene rings is 1. The Morgan fingerprint density at radius 2 is 2.06 bits per heavy atom. The average molecular weight is 310 g/mol. The van der Waals surface area contributed by atoms with Crippen LogP contribution < -0.4 is 5.32 Å². The van der Waals surface area contributed by atoms with Crippen molar-refractivity contribution in [2.24, 2.45) is 11.8 Å². The standard InChI is InChI=1S/C15H20BrNO/c1-11-5-7-13(8-6-11)15(18)17-14-4-2-3-12(9-14)10-16/h2-4,9,11,13H,5-8,10H2,1H3,(H,17,18). The summed E-state index contributed by atoms with van der Waals surface area (Å²) >= 11 is 3.43. The van der Waals surface area contributed by atoms with E-state index in [0.29, 0.717) is 0 Å². The predicted octanol–water partition coefficient (Wildman–Crippen LogP) is 4.35. The van der Waals surface area contributed by atoms with Crippen LogP contribution in [-0.2, 0) is 10.1 Å². The Morgan fingerprint density at radius 3 is 2.72 bits per heavy atom. The van der Waals surface area contributed by atoms with Crippen LogP contribution in [0.3, 0.4) is 0 Å². The molecule has 1 saturated carbocycles. The zero-order valence-electron chi connectivity index (χ0n) is 10.8. The van der Waals surface area contributed by atoms with Gasteiger partial charge in [0.15, 0.2) is 0 Å². The van der Waals surface area contributed by atoms with Crippen molar-refractivity contribution >= 4 is 27.5 Å². The van der Waals surface area contributed by atoms with Crippen molar-refractivity contribution in [2.45, 2.75) is 37.9 Å². The van der Waals surface area contributed by atoms with Gasteiger partial charge >= 0.3 is 0 Å². The fourth-order valence-corrected chi connectivity index (χ4v) is 2.85. The van der Waals surface area contributed by atoms with Crippen molar-refractivity contribution in [3.63, 3.8) is 0 Å². The maximum atomic E-state index is 12.2. The smallest absolute Gasteiger partial charge is 0.227 e. The van der Waals surface area contributed by atoms with Crippen LogP contribution in [0.4, 0.5) is 5.69 Å². The number of carbonyl (C=O) groups is 1. The highest BCUT2D eigenvalue weighted by Gasteiger charge is 2.24. The number of rotatable bonds is 3. The number of nitrogens with one attached hydrogen (secondary N) is 1. The lowest BCUT2D eigenvalue weighted by Gasteiger charge is -2.25. The summed E-state index contributed by atoms with van der Waals surface area (Å²) in [5.41, 5.74) is 2.10. The molecule has 2 rings (SSSR count). The van der Waals surface area contributed by atoms with E-state index in [1.165, 1.54) is 18.4 Å². The SMILES string of the molecule is CC1CCC(C(=O)Nc2cccc(CBr)c2)CC1. The van der Waals surface area contributed by atoms with Gasteiger partial charge in [-0.15, -0.1) is 0 Å². The summed E-state index contributed by atoms with van der Waals surface area (Å²) in [6.45, 7) is 2.27. The van der Waals surface area contributed by atoms with E-state index in [4.69, 9.17) is 0 Å². The van der Waals surface area contributed by atoms with E-state index < -0.39 is 0 Å². The maximum absolute atomic E-state index is 12.2. The fraction of sp³-hybridized carbons (Fsp3) is 0.533. The monoisotopic (exact) mass is 309 g/mol. The molecule has 18 heavy (non-hydrogen) atoms. The van der Waals surface area contributed by atoms with Crippen LogP contribution in [0.1, 0.15) is 38.2 Å². The van der Waals surface area contributed by atoms with Gasteiger partial charge in [0.1, 0.15) is 0 Å². The molecule has 1 fully saturated rings. The highest BCUT2D eigenvalue weighted by molar-refractivity contribution is 9.08. The van der Waals surface area contributed by atoms with Gasteiger partial charge in [0.05, 0.1) is 0 Å². The third kappa shape index (κ3) is 3.58. The molecule has 1 aromatic carbocycles. The van der Waals surface area contributed by atoms with Crippen LogP contribution in [0.25, 0.3) is 0 Å². The van der Waals surface area contributed by atoms with E-state index in [-0.39, 0.29) is 11.8 Å². The number of hydrogen-bond donors (Lipinski definition) is 1. The molecule has 1 aliphatic rings. The lowest BCUT2D eigenvalue weighted by molar-refractivity contribution is -0.121. The van der Waals surface area contributed by atoms with Gasteiger partial charge in [0.2, 0.25) is 5.91 Å². The van der Waals surface area contributed by atoms with E-state index in [1.54, 1.807) is 0 Å². The molecule has 0 spiro atoms. The zero-order chi connectivity index (χ0) is 13.0. The summed E-state index contributed by atoms with van der Waals surface area (Å²) in [5.74, 6) is 1.17. The molecule has 1 N–H and O–H groups in total. The summed E-state index contributed by atoms with van der Waals surface area (Å²) in [6, 6.07) is 8.01. The number of carbonyl (C=O) groups excluding carboxylic acids is 1. The summed E-state index contributed by atoms with van der Waals surface area (Å²) in [7, 11) is 0. The summed E-state index contributed by atoms with van der Waals surface area (Å²) in [5, 5.41) is 3.86. The second-order valence-electron chi connectivity index (χ2n) is 5.28. The van der Waals surface area contributed by atoms with Crippen LogP contribution >= 0.6 is 15.9 Å². The first-order chi connectivity index (χ1) is 8.69. The van der Waals surface area contributed by atoms with Gasteiger partial charge in [0, 0.05) is 16.9 Å². The second kappa shape index (κ2) is 6.37. The number of anilines is 1.